The number of alkyl halides is 1. The van der Waals surface area contributed by atoms with Gasteiger partial charge >= 0.3 is 0 Å². The van der Waals surface area contributed by atoms with E-state index in [1.807, 2.05) is 24.3 Å². The van der Waals surface area contributed by atoms with Crippen LogP contribution in [-0.4, -0.2) is 43.0 Å². The Bertz CT molecular complexity index is 639. The molecule has 0 amide bonds. The molecular weight excluding hydrogens is 432 g/mol. The molecule has 0 aliphatic carbocycles. The Hall–Kier alpha value is -1.40. The standard InChI is InChI=1S/C24H35BrO4/c1-6-23(28-5)22(26)9-7-8-18(2)10-15-24(19(3)16-25)29-17-20-11-13-21(27-4)14-12-20/h6,8,10-15,19,22-24,26H,1,7,9,16-17H2,2-5H3/b15-10+,18-8+/t19-,22+,23+,24-/m1/s1. The number of aliphatic hydroxyl groups is 1. The van der Waals surface area contributed by atoms with Crippen LogP contribution >= 0.6 is 15.9 Å². The van der Waals surface area contributed by atoms with Crippen LogP contribution in [0.25, 0.3) is 0 Å². The number of hydrogen-bond acceptors (Lipinski definition) is 4. The van der Waals surface area contributed by atoms with Crippen molar-refractivity contribution in [1.82, 2.24) is 0 Å². The van der Waals surface area contributed by atoms with Crippen LogP contribution in [-0.2, 0) is 16.1 Å². The maximum atomic E-state index is 10.1. The molecule has 1 aromatic rings. The zero-order valence-electron chi connectivity index (χ0n) is 18.0. The number of rotatable bonds is 14. The lowest BCUT2D eigenvalue weighted by molar-refractivity contribution is 0.0135. The minimum absolute atomic E-state index is 0.00375. The maximum Gasteiger partial charge on any atom is 0.118 e. The summed E-state index contributed by atoms with van der Waals surface area (Å²) in [5.41, 5.74) is 2.26. The van der Waals surface area contributed by atoms with Gasteiger partial charge in [-0.1, -0.05) is 64.9 Å². The van der Waals surface area contributed by atoms with Gasteiger partial charge in [-0.05, 0) is 43.4 Å². The van der Waals surface area contributed by atoms with Gasteiger partial charge in [-0.15, -0.1) is 6.58 Å². The summed E-state index contributed by atoms with van der Waals surface area (Å²) in [5.74, 6) is 1.18. The Kier molecular flexibility index (Phi) is 12.9. The van der Waals surface area contributed by atoms with Gasteiger partial charge in [0.05, 0.1) is 25.9 Å². The first-order valence-corrected chi connectivity index (χ1v) is 11.1. The smallest absolute Gasteiger partial charge is 0.118 e. The van der Waals surface area contributed by atoms with E-state index >= 15 is 0 Å². The van der Waals surface area contributed by atoms with E-state index in [4.69, 9.17) is 14.2 Å². The molecule has 1 N–H and O–H groups in total. The van der Waals surface area contributed by atoms with Crippen molar-refractivity contribution in [1.29, 1.82) is 0 Å². The van der Waals surface area contributed by atoms with Crippen molar-refractivity contribution in [3.8, 4) is 5.75 Å². The molecule has 4 nitrogen and oxygen atoms in total. The van der Waals surface area contributed by atoms with Crippen LogP contribution in [0.2, 0.25) is 0 Å². The van der Waals surface area contributed by atoms with Crippen molar-refractivity contribution in [2.24, 2.45) is 5.92 Å². The predicted octanol–water partition coefficient (Wildman–Crippen LogP) is 5.46. The van der Waals surface area contributed by atoms with E-state index in [0.717, 1.165) is 28.6 Å². The summed E-state index contributed by atoms with van der Waals surface area (Å²) in [6.45, 7) is 8.45. The van der Waals surface area contributed by atoms with Crippen LogP contribution in [0.4, 0.5) is 0 Å². The van der Waals surface area contributed by atoms with E-state index in [-0.39, 0.29) is 12.2 Å². The molecule has 0 unspecified atom stereocenters. The normalized spacial score (nSPS) is 16.4. The zero-order chi connectivity index (χ0) is 21.6. The quantitative estimate of drug-likeness (QED) is 0.224. The molecule has 4 atom stereocenters. The third kappa shape index (κ3) is 9.77. The molecule has 0 radical (unpaired) electrons. The van der Waals surface area contributed by atoms with Crippen LogP contribution in [0.15, 0.2) is 60.7 Å². The van der Waals surface area contributed by atoms with Crippen LogP contribution in [0.1, 0.15) is 32.3 Å². The number of ether oxygens (including phenoxy) is 3. The summed E-state index contributed by atoms with van der Waals surface area (Å²) in [5, 5.41) is 10.9. The van der Waals surface area contributed by atoms with E-state index < -0.39 is 6.10 Å². The highest BCUT2D eigenvalue weighted by Gasteiger charge is 2.15. The topological polar surface area (TPSA) is 47.9 Å². The summed E-state index contributed by atoms with van der Waals surface area (Å²) in [6, 6.07) is 7.93. The van der Waals surface area contributed by atoms with Crippen molar-refractivity contribution < 1.29 is 19.3 Å². The van der Waals surface area contributed by atoms with Gasteiger partial charge in [-0.3, -0.25) is 0 Å². The van der Waals surface area contributed by atoms with E-state index in [1.165, 1.54) is 0 Å². The van der Waals surface area contributed by atoms with Crippen LogP contribution in [0, 0.1) is 5.92 Å². The van der Waals surface area contributed by atoms with Crippen molar-refractivity contribution in [2.45, 2.75) is 51.6 Å². The third-order valence-electron chi connectivity index (χ3n) is 4.77. The molecule has 0 bridgehead atoms. The fourth-order valence-electron chi connectivity index (χ4n) is 2.78. The van der Waals surface area contributed by atoms with Crippen molar-refractivity contribution >= 4 is 15.9 Å². The van der Waals surface area contributed by atoms with E-state index in [0.29, 0.717) is 18.9 Å². The van der Waals surface area contributed by atoms with Crippen molar-refractivity contribution in [3.05, 3.63) is 66.3 Å². The Balaban J connectivity index is 2.61. The average molecular weight is 467 g/mol. The molecule has 0 spiro atoms. The number of halogens is 1. The van der Waals surface area contributed by atoms with Gasteiger partial charge in [-0.25, -0.2) is 0 Å². The maximum absolute atomic E-state index is 10.1. The number of methoxy groups -OCH3 is 2. The second kappa shape index (κ2) is 14.6. The largest absolute Gasteiger partial charge is 0.497 e. The van der Waals surface area contributed by atoms with Gasteiger partial charge in [0.2, 0.25) is 0 Å². The molecule has 0 aliphatic heterocycles. The number of aliphatic hydroxyl groups excluding tert-OH is 1. The lowest BCUT2D eigenvalue weighted by atomic mass is 10.0. The van der Waals surface area contributed by atoms with Gasteiger partial charge in [0.25, 0.3) is 0 Å². The van der Waals surface area contributed by atoms with Gasteiger partial charge in [0, 0.05) is 12.4 Å². The van der Waals surface area contributed by atoms with E-state index in [2.05, 4.69) is 54.6 Å². The third-order valence-corrected chi connectivity index (χ3v) is 5.79. The first kappa shape index (κ1) is 25.6. The molecular formula is C24H35BrO4. The predicted molar refractivity (Wildman–Crippen MR) is 124 cm³/mol. The fraction of sp³-hybridized carbons (Fsp3) is 0.500. The van der Waals surface area contributed by atoms with Gasteiger partial charge < -0.3 is 19.3 Å². The number of benzene rings is 1. The first-order chi connectivity index (χ1) is 13.9. The Morgan fingerprint density at radius 3 is 2.45 bits per heavy atom. The monoisotopic (exact) mass is 466 g/mol. The first-order valence-electron chi connectivity index (χ1n) is 9.94. The zero-order valence-corrected chi connectivity index (χ0v) is 19.6. The summed E-state index contributed by atoms with van der Waals surface area (Å²) < 4.78 is 16.5. The van der Waals surface area contributed by atoms with Gasteiger partial charge in [-0.2, -0.15) is 0 Å². The summed E-state index contributed by atoms with van der Waals surface area (Å²) >= 11 is 3.56. The Morgan fingerprint density at radius 1 is 1.21 bits per heavy atom. The molecule has 0 heterocycles. The highest BCUT2D eigenvalue weighted by molar-refractivity contribution is 9.09. The van der Waals surface area contributed by atoms with E-state index in [9.17, 15) is 5.11 Å². The number of allylic oxidation sites excluding steroid dienone is 3. The molecule has 5 heteroatoms. The molecule has 0 aromatic heterocycles. The molecule has 1 rings (SSSR count). The van der Waals surface area contributed by atoms with Gasteiger partial charge in [0.15, 0.2) is 0 Å². The highest BCUT2D eigenvalue weighted by atomic mass is 79.9. The average Bonchev–Trinajstić information content (AvgIpc) is 2.74. The van der Waals surface area contributed by atoms with Crippen LogP contribution in [0.3, 0.4) is 0 Å². The van der Waals surface area contributed by atoms with Gasteiger partial charge in [0.1, 0.15) is 11.9 Å². The van der Waals surface area contributed by atoms with E-state index in [1.54, 1.807) is 20.3 Å². The van der Waals surface area contributed by atoms with Crippen LogP contribution in [0.5, 0.6) is 5.75 Å². The molecule has 29 heavy (non-hydrogen) atoms. The number of hydrogen-bond donors (Lipinski definition) is 1. The highest BCUT2D eigenvalue weighted by Crippen LogP contribution is 2.18. The minimum Gasteiger partial charge on any atom is -0.497 e. The molecule has 0 fully saturated rings. The molecule has 0 saturated heterocycles. The molecule has 1 aromatic carbocycles. The Morgan fingerprint density at radius 2 is 1.90 bits per heavy atom. The summed E-state index contributed by atoms with van der Waals surface area (Å²) in [7, 11) is 3.24. The van der Waals surface area contributed by atoms with Crippen molar-refractivity contribution in [3.63, 3.8) is 0 Å². The van der Waals surface area contributed by atoms with Crippen LogP contribution < -0.4 is 4.74 Å². The summed E-state index contributed by atoms with van der Waals surface area (Å²) in [4.78, 5) is 0. The lowest BCUT2D eigenvalue weighted by Crippen LogP contribution is -2.25. The second-order valence-electron chi connectivity index (χ2n) is 7.14. The minimum atomic E-state index is -0.542. The molecule has 162 valence electrons. The molecule has 0 saturated carbocycles. The molecule has 0 aliphatic rings. The SMILES string of the molecule is C=C[C@H](OC)[C@@H](O)CC/C=C(C)/C=C/[C@@H](OCc1ccc(OC)cc1)[C@H](C)CBr. The summed E-state index contributed by atoms with van der Waals surface area (Å²) in [6.07, 6.45) is 8.49. The lowest BCUT2D eigenvalue weighted by Gasteiger charge is -2.20. The second-order valence-corrected chi connectivity index (χ2v) is 7.79. The Labute approximate surface area is 184 Å². The van der Waals surface area contributed by atoms with Crippen molar-refractivity contribution in [2.75, 3.05) is 19.5 Å². The fourth-order valence-corrected chi connectivity index (χ4v) is 3.15.